The SMILES string of the molecule is Cc1noc(C)c1CN1C(=O)C[C@H]2[C@@H]1CCN2Cc1cccc(F)c1F. The van der Waals surface area contributed by atoms with E-state index in [1.165, 1.54) is 6.07 Å². The Morgan fingerprint density at radius 3 is 2.77 bits per heavy atom. The topological polar surface area (TPSA) is 49.6 Å². The van der Waals surface area contributed by atoms with E-state index in [9.17, 15) is 13.6 Å². The van der Waals surface area contributed by atoms with Crippen molar-refractivity contribution in [3.63, 3.8) is 0 Å². The molecule has 138 valence electrons. The summed E-state index contributed by atoms with van der Waals surface area (Å²) in [6.45, 7) is 5.29. The average Bonchev–Trinajstić information content (AvgIpc) is 3.23. The summed E-state index contributed by atoms with van der Waals surface area (Å²) < 4.78 is 32.7. The monoisotopic (exact) mass is 361 g/mol. The highest BCUT2D eigenvalue weighted by atomic mass is 19.2. The molecule has 0 radical (unpaired) electrons. The Balaban J connectivity index is 1.51. The lowest BCUT2D eigenvalue weighted by Crippen LogP contribution is -2.37. The number of carbonyl (C=O) groups excluding carboxylic acids is 1. The predicted molar refractivity (Wildman–Crippen MR) is 90.1 cm³/mol. The van der Waals surface area contributed by atoms with Gasteiger partial charge >= 0.3 is 0 Å². The second-order valence-electron chi connectivity index (χ2n) is 7.14. The lowest BCUT2D eigenvalue weighted by molar-refractivity contribution is -0.129. The molecule has 2 aromatic rings. The van der Waals surface area contributed by atoms with Crippen LogP contribution in [0.15, 0.2) is 22.7 Å². The van der Waals surface area contributed by atoms with Crippen LogP contribution in [-0.4, -0.2) is 39.5 Å². The van der Waals surface area contributed by atoms with Crippen LogP contribution in [-0.2, 0) is 17.9 Å². The number of fused-ring (bicyclic) bond motifs is 1. The van der Waals surface area contributed by atoms with Crippen molar-refractivity contribution in [1.82, 2.24) is 15.0 Å². The molecule has 0 saturated carbocycles. The van der Waals surface area contributed by atoms with E-state index in [-0.39, 0.29) is 18.0 Å². The number of halogens is 2. The molecule has 0 bridgehead atoms. The maximum absolute atomic E-state index is 14.0. The molecule has 3 heterocycles. The van der Waals surface area contributed by atoms with Crippen LogP contribution >= 0.6 is 0 Å². The molecule has 7 heteroatoms. The van der Waals surface area contributed by atoms with Gasteiger partial charge in [0.2, 0.25) is 5.91 Å². The van der Waals surface area contributed by atoms with Gasteiger partial charge in [-0.05, 0) is 26.3 Å². The smallest absolute Gasteiger partial charge is 0.224 e. The lowest BCUT2D eigenvalue weighted by Gasteiger charge is -2.25. The molecule has 0 spiro atoms. The van der Waals surface area contributed by atoms with Crippen molar-refractivity contribution in [2.24, 2.45) is 0 Å². The number of nitrogens with zero attached hydrogens (tertiary/aromatic N) is 3. The van der Waals surface area contributed by atoms with E-state index in [0.29, 0.717) is 25.1 Å². The van der Waals surface area contributed by atoms with Gasteiger partial charge in [0, 0.05) is 42.7 Å². The van der Waals surface area contributed by atoms with Gasteiger partial charge in [0.15, 0.2) is 11.6 Å². The minimum absolute atomic E-state index is 0.0330. The van der Waals surface area contributed by atoms with Gasteiger partial charge in [-0.1, -0.05) is 17.3 Å². The summed E-state index contributed by atoms with van der Waals surface area (Å²) in [5.74, 6) is -0.812. The molecule has 2 saturated heterocycles. The average molecular weight is 361 g/mol. The number of hydrogen-bond donors (Lipinski definition) is 0. The minimum Gasteiger partial charge on any atom is -0.361 e. The number of hydrogen-bond acceptors (Lipinski definition) is 4. The molecule has 2 fully saturated rings. The van der Waals surface area contributed by atoms with Crippen molar-refractivity contribution in [3.8, 4) is 0 Å². The van der Waals surface area contributed by atoms with Gasteiger partial charge in [0.05, 0.1) is 12.2 Å². The van der Waals surface area contributed by atoms with Crippen molar-refractivity contribution in [2.45, 2.75) is 51.9 Å². The first kappa shape index (κ1) is 17.1. The zero-order valence-electron chi connectivity index (χ0n) is 14.8. The number of amides is 1. The largest absolute Gasteiger partial charge is 0.361 e. The fraction of sp³-hybridized carbons (Fsp3) is 0.474. The Morgan fingerprint density at radius 1 is 1.23 bits per heavy atom. The van der Waals surface area contributed by atoms with Crippen molar-refractivity contribution < 1.29 is 18.1 Å². The fourth-order valence-corrected chi connectivity index (χ4v) is 4.20. The summed E-state index contributed by atoms with van der Waals surface area (Å²) in [7, 11) is 0. The van der Waals surface area contributed by atoms with E-state index in [1.54, 1.807) is 6.07 Å². The molecule has 1 aromatic carbocycles. The first-order valence-electron chi connectivity index (χ1n) is 8.84. The van der Waals surface area contributed by atoms with Crippen molar-refractivity contribution in [3.05, 3.63) is 52.4 Å². The Morgan fingerprint density at radius 2 is 2.04 bits per heavy atom. The normalized spacial score (nSPS) is 23.1. The Labute approximate surface area is 150 Å². The first-order valence-corrected chi connectivity index (χ1v) is 8.84. The molecule has 0 unspecified atom stereocenters. The van der Waals surface area contributed by atoms with Gasteiger partial charge in [0.25, 0.3) is 0 Å². The van der Waals surface area contributed by atoms with Gasteiger partial charge in [-0.2, -0.15) is 0 Å². The predicted octanol–water partition coefficient (Wildman–Crippen LogP) is 2.95. The van der Waals surface area contributed by atoms with Crippen LogP contribution in [0.1, 0.15) is 35.4 Å². The Kier molecular flexibility index (Phi) is 4.26. The molecular formula is C19H21F2N3O2. The zero-order chi connectivity index (χ0) is 18.4. The van der Waals surface area contributed by atoms with Crippen LogP contribution in [0.2, 0.25) is 0 Å². The summed E-state index contributed by atoms with van der Waals surface area (Å²) in [4.78, 5) is 16.5. The molecule has 2 aliphatic rings. The molecule has 2 aliphatic heterocycles. The van der Waals surface area contributed by atoms with Crippen LogP contribution in [0.5, 0.6) is 0 Å². The molecule has 4 rings (SSSR count). The highest BCUT2D eigenvalue weighted by Crippen LogP contribution is 2.35. The van der Waals surface area contributed by atoms with E-state index >= 15 is 0 Å². The molecule has 26 heavy (non-hydrogen) atoms. The third-order valence-electron chi connectivity index (χ3n) is 5.64. The maximum Gasteiger partial charge on any atom is 0.224 e. The van der Waals surface area contributed by atoms with Gasteiger partial charge in [-0.3, -0.25) is 9.69 Å². The highest BCUT2D eigenvalue weighted by Gasteiger charge is 2.46. The van der Waals surface area contributed by atoms with E-state index in [4.69, 9.17) is 4.52 Å². The summed E-state index contributed by atoms with van der Waals surface area (Å²) in [5, 5.41) is 3.96. The van der Waals surface area contributed by atoms with Crippen molar-refractivity contribution >= 4 is 5.91 Å². The lowest BCUT2D eigenvalue weighted by atomic mass is 10.1. The molecule has 5 nitrogen and oxygen atoms in total. The Bertz CT molecular complexity index is 832. The van der Waals surface area contributed by atoms with Crippen LogP contribution < -0.4 is 0 Å². The number of rotatable bonds is 4. The highest BCUT2D eigenvalue weighted by molar-refractivity contribution is 5.80. The van der Waals surface area contributed by atoms with Crippen LogP contribution in [0.4, 0.5) is 8.78 Å². The standard InChI is InChI=1S/C19H21F2N3O2/c1-11-14(12(2)26-22-11)10-24-16-6-7-23(17(16)8-18(24)25)9-13-4-3-5-15(20)19(13)21/h3-5,16-17H,6-10H2,1-2H3/t16-,17-/m0/s1. The van der Waals surface area contributed by atoms with Gasteiger partial charge in [-0.25, -0.2) is 8.78 Å². The van der Waals surface area contributed by atoms with Gasteiger partial charge in [0.1, 0.15) is 5.76 Å². The molecule has 0 aliphatic carbocycles. The number of aromatic nitrogens is 1. The summed E-state index contributed by atoms with van der Waals surface area (Å²) >= 11 is 0. The Hall–Kier alpha value is -2.28. The number of benzene rings is 1. The van der Waals surface area contributed by atoms with Crippen LogP contribution in [0.25, 0.3) is 0 Å². The molecule has 1 aromatic heterocycles. The second kappa shape index (κ2) is 6.46. The summed E-state index contributed by atoms with van der Waals surface area (Å²) in [5.41, 5.74) is 2.09. The van der Waals surface area contributed by atoms with Crippen molar-refractivity contribution in [2.75, 3.05) is 6.54 Å². The second-order valence-corrected chi connectivity index (χ2v) is 7.14. The van der Waals surface area contributed by atoms with Crippen molar-refractivity contribution in [1.29, 1.82) is 0 Å². The molecule has 0 N–H and O–H groups in total. The van der Waals surface area contributed by atoms with E-state index in [1.807, 2.05) is 18.7 Å². The molecular weight excluding hydrogens is 340 g/mol. The summed E-state index contributed by atoms with van der Waals surface area (Å²) in [6.07, 6.45) is 1.24. The van der Waals surface area contributed by atoms with E-state index in [2.05, 4.69) is 10.1 Å². The number of aryl methyl sites for hydroxylation is 2. The maximum atomic E-state index is 14.0. The van der Waals surface area contributed by atoms with Crippen LogP contribution in [0.3, 0.4) is 0 Å². The molecule has 2 atom stereocenters. The zero-order valence-corrected chi connectivity index (χ0v) is 14.8. The quantitative estimate of drug-likeness (QED) is 0.840. The van der Waals surface area contributed by atoms with Gasteiger partial charge < -0.3 is 9.42 Å². The number of likely N-dealkylation sites (tertiary alicyclic amines) is 2. The van der Waals surface area contributed by atoms with E-state index in [0.717, 1.165) is 36.0 Å². The third-order valence-corrected chi connectivity index (χ3v) is 5.64. The summed E-state index contributed by atoms with van der Waals surface area (Å²) in [6, 6.07) is 4.36. The van der Waals surface area contributed by atoms with Crippen LogP contribution in [0, 0.1) is 25.5 Å². The molecule has 1 amide bonds. The number of carbonyl (C=O) groups is 1. The van der Waals surface area contributed by atoms with Gasteiger partial charge in [-0.15, -0.1) is 0 Å². The fourth-order valence-electron chi connectivity index (χ4n) is 4.20. The minimum atomic E-state index is -0.833. The first-order chi connectivity index (χ1) is 12.5. The third kappa shape index (κ3) is 2.80. The van der Waals surface area contributed by atoms with E-state index < -0.39 is 11.6 Å².